The smallest absolute Gasteiger partial charge is 0.434 e. The summed E-state index contributed by atoms with van der Waals surface area (Å²) in [5.41, 5.74) is -1.10. The quantitative estimate of drug-likeness (QED) is 0.778. The van der Waals surface area contributed by atoms with E-state index in [-0.39, 0.29) is 47.0 Å². The van der Waals surface area contributed by atoms with Gasteiger partial charge in [-0.1, -0.05) is 6.92 Å². The molecule has 0 bridgehead atoms. The molecule has 2 aromatic heterocycles. The number of hydrogen-bond acceptors (Lipinski definition) is 7. The number of halogens is 3. The lowest BCUT2D eigenvalue weighted by molar-refractivity contribution is -0.141. The molecule has 0 aromatic carbocycles. The lowest BCUT2D eigenvalue weighted by Gasteiger charge is -2.12. The van der Waals surface area contributed by atoms with Crippen LogP contribution in [0.4, 0.5) is 18.3 Å². The molecule has 1 amide bonds. The number of nitrogens with one attached hydrogen (secondary N) is 1. The van der Waals surface area contributed by atoms with Crippen LogP contribution in [-0.2, 0) is 12.6 Å². The largest absolute Gasteiger partial charge is 0.477 e. The van der Waals surface area contributed by atoms with E-state index in [1.807, 2.05) is 0 Å². The van der Waals surface area contributed by atoms with E-state index in [1.54, 1.807) is 20.8 Å². The Morgan fingerprint density at radius 2 is 1.73 bits per heavy atom. The van der Waals surface area contributed by atoms with Gasteiger partial charge in [0.05, 0.1) is 13.2 Å². The maximum Gasteiger partial charge on any atom is 0.434 e. The standard InChI is InChI=1S/C15H17F3N4O3S/c1-4-8-10(15(16,17)18)21-14(26-8)22-11(23)9-12(24-5-2)19-7-20-13(9)25-6-3/h7H,4-6H2,1-3H3,(H,21,22,23). The third-order valence-corrected chi connectivity index (χ3v) is 4.19. The average molecular weight is 390 g/mol. The second-order valence-corrected chi connectivity index (χ2v) is 5.90. The van der Waals surface area contributed by atoms with E-state index in [0.29, 0.717) is 0 Å². The lowest BCUT2D eigenvalue weighted by Crippen LogP contribution is -2.17. The van der Waals surface area contributed by atoms with Crippen molar-refractivity contribution in [1.82, 2.24) is 15.0 Å². The first-order chi connectivity index (χ1) is 12.3. The third kappa shape index (κ3) is 4.40. The normalized spacial score (nSPS) is 11.3. The van der Waals surface area contributed by atoms with Gasteiger partial charge in [0.1, 0.15) is 6.33 Å². The first-order valence-electron chi connectivity index (χ1n) is 7.80. The van der Waals surface area contributed by atoms with Crippen LogP contribution in [0.15, 0.2) is 6.33 Å². The summed E-state index contributed by atoms with van der Waals surface area (Å²) in [4.78, 5) is 23.9. The molecule has 142 valence electrons. The van der Waals surface area contributed by atoms with Crippen molar-refractivity contribution in [2.75, 3.05) is 18.5 Å². The van der Waals surface area contributed by atoms with Crippen molar-refractivity contribution in [3.63, 3.8) is 0 Å². The van der Waals surface area contributed by atoms with Crippen LogP contribution in [-0.4, -0.2) is 34.1 Å². The predicted octanol–water partition coefficient (Wildman–Crippen LogP) is 3.56. The molecule has 1 N–H and O–H groups in total. The van der Waals surface area contributed by atoms with Gasteiger partial charge >= 0.3 is 6.18 Å². The number of carbonyl (C=O) groups excluding carboxylic acids is 1. The van der Waals surface area contributed by atoms with Crippen molar-refractivity contribution in [3.05, 3.63) is 22.5 Å². The highest BCUT2D eigenvalue weighted by molar-refractivity contribution is 7.15. The molecule has 7 nitrogen and oxygen atoms in total. The van der Waals surface area contributed by atoms with E-state index >= 15 is 0 Å². The Balaban J connectivity index is 2.37. The van der Waals surface area contributed by atoms with E-state index in [1.165, 1.54) is 6.33 Å². The number of carbonyl (C=O) groups is 1. The monoisotopic (exact) mass is 390 g/mol. The van der Waals surface area contributed by atoms with Gasteiger partial charge < -0.3 is 9.47 Å². The fourth-order valence-corrected chi connectivity index (χ4v) is 2.98. The van der Waals surface area contributed by atoms with Crippen molar-refractivity contribution >= 4 is 22.4 Å². The molecular formula is C15H17F3N4O3S. The number of nitrogens with zero attached hydrogens (tertiary/aromatic N) is 3. The molecule has 0 fully saturated rings. The van der Waals surface area contributed by atoms with Gasteiger partial charge in [-0.25, -0.2) is 15.0 Å². The molecule has 0 aliphatic carbocycles. The maximum atomic E-state index is 13.0. The van der Waals surface area contributed by atoms with Gasteiger partial charge in [0.25, 0.3) is 5.91 Å². The van der Waals surface area contributed by atoms with Crippen molar-refractivity contribution in [3.8, 4) is 11.8 Å². The number of aromatic nitrogens is 3. The third-order valence-electron chi connectivity index (χ3n) is 3.07. The predicted molar refractivity (Wildman–Crippen MR) is 88.8 cm³/mol. The Bertz CT molecular complexity index is 756. The Morgan fingerprint density at radius 3 is 2.15 bits per heavy atom. The summed E-state index contributed by atoms with van der Waals surface area (Å²) < 4.78 is 49.6. The van der Waals surface area contributed by atoms with Gasteiger partial charge in [0.2, 0.25) is 11.8 Å². The molecule has 0 saturated carbocycles. The molecule has 2 rings (SSSR count). The highest BCUT2D eigenvalue weighted by Gasteiger charge is 2.37. The van der Waals surface area contributed by atoms with E-state index in [2.05, 4.69) is 20.3 Å². The zero-order valence-electron chi connectivity index (χ0n) is 14.3. The molecule has 2 heterocycles. The van der Waals surface area contributed by atoms with E-state index in [0.717, 1.165) is 11.3 Å². The van der Waals surface area contributed by atoms with Crippen molar-refractivity contribution in [2.45, 2.75) is 33.4 Å². The summed E-state index contributed by atoms with van der Waals surface area (Å²) in [7, 11) is 0. The number of amides is 1. The molecule has 0 spiro atoms. The first kappa shape index (κ1) is 19.9. The minimum atomic E-state index is -4.59. The van der Waals surface area contributed by atoms with Crippen LogP contribution >= 0.6 is 11.3 Å². The number of rotatable bonds is 7. The van der Waals surface area contributed by atoms with Gasteiger partial charge in [0.15, 0.2) is 16.4 Å². The number of alkyl halides is 3. The average Bonchev–Trinajstić information content (AvgIpc) is 2.99. The van der Waals surface area contributed by atoms with E-state index in [4.69, 9.17) is 9.47 Å². The summed E-state index contributed by atoms with van der Waals surface area (Å²) in [6.45, 7) is 5.46. The van der Waals surface area contributed by atoms with Crippen molar-refractivity contribution in [1.29, 1.82) is 0 Å². The molecule has 0 radical (unpaired) electrons. The van der Waals surface area contributed by atoms with Crippen LogP contribution < -0.4 is 14.8 Å². The minimum absolute atomic E-state index is 0.0215. The number of anilines is 1. The van der Waals surface area contributed by atoms with Gasteiger partial charge in [-0.3, -0.25) is 10.1 Å². The summed E-state index contributed by atoms with van der Waals surface area (Å²) in [6.07, 6.45) is -3.27. The number of aryl methyl sites for hydroxylation is 1. The zero-order chi connectivity index (χ0) is 19.3. The maximum absolute atomic E-state index is 13.0. The van der Waals surface area contributed by atoms with E-state index in [9.17, 15) is 18.0 Å². The topological polar surface area (TPSA) is 86.2 Å². The zero-order valence-corrected chi connectivity index (χ0v) is 15.1. The van der Waals surface area contributed by atoms with Gasteiger partial charge in [-0.15, -0.1) is 11.3 Å². The molecular weight excluding hydrogens is 373 g/mol. The molecule has 11 heteroatoms. The second-order valence-electron chi connectivity index (χ2n) is 4.82. The number of hydrogen-bond donors (Lipinski definition) is 1. The molecule has 2 aromatic rings. The SMILES string of the molecule is CCOc1ncnc(OCC)c1C(=O)Nc1nc(C(F)(F)F)c(CC)s1. The molecule has 0 aliphatic heterocycles. The summed E-state index contributed by atoms with van der Waals surface area (Å²) in [5, 5.41) is 2.18. The second kappa shape index (κ2) is 8.30. The van der Waals surface area contributed by atoms with Gasteiger partial charge in [-0.05, 0) is 20.3 Å². The fourth-order valence-electron chi connectivity index (χ4n) is 2.07. The minimum Gasteiger partial charge on any atom is -0.477 e. The Morgan fingerprint density at radius 1 is 1.15 bits per heavy atom. The highest BCUT2D eigenvalue weighted by Crippen LogP contribution is 2.37. The Labute approximate surface area is 151 Å². The molecule has 0 atom stereocenters. The van der Waals surface area contributed by atoms with Crippen LogP contribution in [0.5, 0.6) is 11.8 Å². The van der Waals surface area contributed by atoms with Gasteiger partial charge in [-0.2, -0.15) is 13.2 Å². The number of ether oxygens (including phenoxy) is 2. The summed E-state index contributed by atoms with van der Waals surface area (Å²) in [6, 6.07) is 0. The molecule has 0 saturated heterocycles. The van der Waals surface area contributed by atoms with Crippen LogP contribution in [0.25, 0.3) is 0 Å². The lowest BCUT2D eigenvalue weighted by atomic mass is 10.3. The molecule has 0 aliphatic rings. The van der Waals surface area contributed by atoms with Crippen LogP contribution in [0.3, 0.4) is 0 Å². The van der Waals surface area contributed by atoms with Crippen LogP contribution in [0.2, 0.25) is 0 Å². The molecule has 0 unspecified atom stereocenters. The number of thiazole rings is 1. The fraction of sp³-hybridized carbons (Fsp3) is 0.467. The van der Waals surface area contributed by atoms with E-state index < -0.39 is 17.8 Å². The van der Waals surface area contributed by atoms with Crippen molar-refractivity contribution < 1.29 is 27.4 Å². The first-order valence-corrected chi connectivity index (χ1v) is 8.62. The Hall–Kier alpha value is -2.43. The summed E-state index contributed by atoms with van der Waals surface area (Å²) in [5.74, 6) is -0.804. The Kier molecular flexibility index (Phi) is 6.35. The van der Waals surface area contributed by atoms with Gasteiger partial charge in [0, 0.05) is 4.88 Å². The highest BCUT2D eigenvalue weighted by atomic mass is 32.1. The van der Waals surface area contributed by atoms with Crippen molar-refractivity contribution in [2.24, 2.45) is 0 Å². The van der Waals surface area contributed by atoms with Crippen LogP contribution in [0, 0.1) is 0 Å². The molecule has 26 heavy (non-hydrogen) atoms. The summed E-state index contributed by atoms with van der Waals surface area (Å²) >= 11 is 0.762. The van der Waals surface area contributed by atoms with Crippen LogP contribution in [0.1, 0.15) is 41.7 Å².